The lowest BCUT2D eigenvalue weighted by molar-refractivity contribution is -0.0423. The molecule has 4 aliphatic rings. The van der Waals surface area contributed by atoms with Crippen molar-refractivity contribution in [2.45, 2.75) is 78.2 Å². The minimum Gasteiger partial charge on any atom is -0.393 e. The van der Waals surface area contributed by atoms with Gasteiger partial charge in [0.1, 0.15) is 0 Å². The van der Waals surface area contributed by atoms with Crippen LogP contribution in [0.25, 0.3) is 0 Å². The van der Waals surface area contributed by atoms with Crippen LogP contribution < -0.4 is 5.84 Å². The monoisotopic (exact) mass is 330 g/mol. The third-order valence-electron chi connectivity index (χ3n) is 8.79. The molecule has 0 heterocycles. The van der Waals surface area contributed by atoms with Crippen LogP contribution in [0.5, 0.6) is 0 Å². The van der Waals surface area contributed by atoms with Gasteiger partial charge in [-0.1, -0.05) is 25.5 Å². The van der Waals surface area contributed by atoms with E-state index in [1.807, 2.05) is 0 Å². The van der Waals surface area contributed by atoms with Crippen LogP contribution in [0.2, 0.25) is 0 Å². The average Bonchev–Trinajstić information content (AvgIpc) is 2.92. The Hall–Kier alpha value is -0.830. The molecule has 3 nitrogen and oxygen atoms in total. The highest BCUT2D eigenvalue weighted by Crippen LogP contribution is 2.66. The zero-order valence-corrected chi connectivity index (χ0v) is 15.6. The number of hydrogen-bond donors (Lipinski definition) is 2. The minimum absolute atomic E-state index is 0.103. The van der Waals surface area contributed by atoms with E-state index in [2.05, 4.69) is 31.9 Å². The Labute approximate surface area is 146 Å². The molecule has 0 saturated heterocycles. The molecule has 24 heavy (non-hydrogen) atoms. The predicted octanol–water partition coefficient (Wildman–Crippen LogP) is 4.26. The first-order valence-corrected chi connectivity index (χ1v) is 10.0. The van der Waals surface area contributed by atoms with Gasteiger partial charge >= 0.3 is 0 Å². The van der Waals surface area contributed by atoms with E-state index < -0.39 is 0 Å². The molecule has 0 spiro atoms. The quantitative estimate of drug-likeness (QED) is 0.327. The first-order valence-electron chi connectivity index (χ1n) is 10.0. The highest BCUT2D eigenvalue weighted by Gasteiger charge is 2.58. The summed E-state index contributed by atoms with van der Waals surface area (Å²) in [5, 5.41) is 14.2. The topological polar surface area (TPSA) is 58.6 Å². The second-order valence-electron chi connectivity index (χ2n) is 9.60. The Morgan fingerprint density at radius 3 is 2.71 bits per heavy atom. The lowest BCUT2D eigenvalue weighted by Crippen LogP contribution is -2.50. The molecular weight excluding hydrogens is 296 g/mol. The molecule has 0 bridgehead atoms. The molecular formula is C21H34N2O. The van der Waals surface area contributed by atoms with Gasteiger partial charge in [0.25, 0.3) is 0 Å². The molecule has 134 valence electrons. The molecule has 3 heteroatoms. The Kier molecular flexibility index (Phi) is 3.87. The van der Waals surface area contributed by atoms with Gasteiger partial charge < -0.3 is 10.9 Å². The van der Waals surface area contributed by atoms with Crippen LogP contribution in [0, 0.1) is 34.5 Å². The lowest BCUT2D eigenvalue weighted by atomic mass is 9.47. The number of nitrogens with zero attached hydrogens (tertiary/aromatic N) is 1. The van der Waals surface area contributed by atoms with Crippen LogP contribution in [0.15, 0.2) is 16.8 Å². The lowest BCUT2D eigenvalue weighted by Gasteiger charge is -2.58. The van der Waals surface area contributed by atoms with Crippen molar-refractivity contribution in [1.82, 2.24) is 0 Å². The fourth-order valence-corrected chi connectivity index (χ4v) is 7.42. The van der Waals surface area contributed by atoms with E-state index in [1.165, 1.54) is 38.5 Å². The maximum absolute atomic E-state index is 10.1. The summed E-state index contributed by atoms with van der Waals surface area (Å²) < 4.78 is 0. The number of allylic oxidation sites excluding steroid dienone is 1. The smallest absolute Gasteiger partial charge is 0.0577 e. The molecule has 3 saturated carbocycles. The van der Waals surface area contributed by atoms with Gasteiger partial charge in [-0.15, -0.1) is 0 Å². The minimum atomic E-state index is -0.103. The number of hydrazone groups is 1. The van der Waals surface area contributed by atoms with E-state index in [9.17, 15) is 5.11 Å². The SMILES string of the molecule is C/C(=N\N)[C@H]1CC[C@H]2[C@@H]3CC=C4C[C@@H](O)CC[C@]4(C)[C@H]3CC[C@]12C. The molecule has 0 aliphatic heterocycles. The maximum atomic E-state index is 10.1. The van der Waals surface area contributed by atoms with Crippen molar-refractivity contribution in [1.29, 1.82) is 0 Å². The van der Waals surface area contributed by atoms with Gasteiger partial charge in [0, 0.05) is 11.6 Å². The van der Waals surface area contributed by atoms with Gasteiger partial charge in [-0.3, -0.25) is 0 Å². The molecule has 0 amide bonds. The van der Waals surface area contributed by atoms with Crippen molar-refractivity contribution in [3.8, 4) is 0 Å². The molecule has 0 aromatic heterocycles. The number of hydrogen-bond acceptors (Lipinski definition) is 3. The van der Waals surface area contributed by atoms with Gasteiger partial charge in [-0.2, -0.15) is 5.10 Å². The normalized spacial score (nSPS) is 51.4. The first kappa shape index (κ1) is 16.6. The van der Waals surface area contributed by atoms with E-state index in [0.29, 0.717) is 16.7 Å². The first-order chi connectivity index (χ1) is 11.4. The van der Waals surface area contributed by atoms with E-state index in [4.69, 9.17) is 5.84 Å². The van der Waals surface area contributed by atoms with Crippen molar-refractivity contribution in [2.75, 3.05) is 0 Å². The van der Waals surface area contributed by atoms with Crippen LogP contribution in [-0.4, -0.2) is 16.9 Å². The summed E-state index contributed by atoms with van der Waals surface area (Å²) in [4.78, 5) is 0. The van der Waals surface area contributed by atoms with Gasteiger partial charge in [0.05, 0.1) is 6.10 Å². The number of aliphatic hydroxyl groups excluding tert-OH is 1. The molecule has 0 aromatic carbocycles. The molecule has 3 fully saturated rings. The van der Waals surface area contributed by atoms with Crippen molar-refractivity contribution in [3.63, 3.8) is 0 Å². The Balaban J connectivity index is 1.65. The predicted molar refractivity (Wildman–Crippen MR) is 98.5 cm³/mol. The number of rotatable bonds is 1. The number of fused-ring (bicyclic) bond motifs is 5. The summed E-state index contributed by atoms with van der Waals surface area (Å²) in [6.07, 6.45) is 12.0. The number of nitrogens with two attached hydrogens (primary N) is 1. The van der Waals surface area contributed by atoms with Gasteiger partial charge in [0.2, 0.25) is 0 Å². The summed E-state index contributed by atoms with van der Waals surface area (Å²) in [5.41, 5.74) is 3.47. The zero-order chi connectivity index (χ0) is 17.1. The summed E-state index contributed by atoms with van der Waals surface area (Å²) in [7, 11) is 0. The largest absolute Gasteiger partial charge is 0.393 e. The Morgan fingerprint density at radius 2 is 1.96 bits per heavy atom. The molecule has 4 rings (SSSR count). The van der Waals surface area contributed by atoms with Gasteiger partial charge in [-0.25, -0.2) is 0 Å². The third-order valence-corrected chi connectivity index (χ3v) is 8.79. The summed E-state index contributed by atoms with van der Waals surface area (Å²) in [5.74, 6) is 8.68. The molecule has 3 N–H and O–H groups in total. The molecule has 0 aromatic rings. The van der Waals surface area contributed by atoms with Gasteiger partial charge in [0.15, 0.2) is 0 Å². The maximum Gasteiger partial charge on any atom is 0.0577 e. The standard InChI is InChI=1S/C21H34N2O/c1-13(23-22)17-6-7-18-16-5-4-14-12-15(24)8-10-20(14,2)19(16)9-11-21(17,18)3/h4,15-19,24H,5-12,22H2,1-3H3/b23-13+/t15-,16-,17+,18-,19-,20-,21+/m0/s1. The van der Waals surface area contributed by atoms with Crippen LogP contribution in [0.1, 0.15) is 72.1 Å². The molecule has 7 atom stereocenters. The van der Waals surface area contributed by atoms with E-state index in [0.717, 1.165) is 36.3 Å². The van der Waals surface area contributed by atoms with Crippen LogP contribution >= 0.6 is 0 Å². The Morgan fingerprint density at radius 1 is 1.17 bits per heavy atom. The summed E-state index contributed by atoms with van der Waals surface area (Å²) >= 11 is 0. The van der Waals surface area contributed by atoms with Gasteiger partial charge in [-0.05, 0) is 86.9 Å². The van der Waals surface area contributed by atoms with E-state index in [-0.39, 0.29) is 6.10 Å². The fraction of sp³-hybridized carbons (Fsp3) is 0.857. The van der Waals surface area contributed by atoms with E-state index >= 15 is 0 Å². The van der Waals surface area contributed by atoms with Crippen molar-refractivity contribution in [3.05, 3.63) is 11.6 Å². The highest BCUT2D eigenvalue weighted by molar-refractivity contribution is 5.85. The Bertz CT molecular complexity index is 582. The highest BCUT2D eigenvalue weighted by atomic mass is 16.3. The average molecular weight is 331 g/mol. The molecule has 0 unspecified atom stereocenters. The summed E-state index contributed by atoms with van der Waals surface area (Å²) in [6, 6.07) is 0. The fourth-order valence-electron chi connectivity index (χ4n) is 7.42. The van der Waals surface area contributed by atoms with Crippen LogP contribution in [0.3, 0.4) is 0 Å². The van der Waals surface area contributed by atoms with E-state index in [1.54, 1.807) is 5.57 Å². The second-order valence-corrected chi connectivity index (χ2v) is 9.60. The van der Waals surface area contributed by atoms with Crippen molar-refractivity contribution < 1.29 is 5.11 Å². The number of aliphatic hydroxyl groups is 1. The van der Waals surface area contributed by atoms with Crippen molar-refractivity contribution >= 4 is 5.71 Å². The third kappa shape index (κ3) is 2.16. The molecule has 0 radical (unpaired) electrons. The zero-order valence-electron chi connectivity index (χ0n) is 15.6. The summed E-state index contributed by atoms with van der Waals surface area (Å²) in [6.45, 7) is 7.16. The van der Waals surface area contributed by atoms with Crippen molar-refractivity contribution in [2.24, 2.45) is 45.4 Å². The van der Waals surface area contributed by atoms with Crippen LogP contribution in [0.4, 0.5) is 0 Å². The van der Waals surface area contributed by atoms with Crippen LogP contribution in [-0.2, 0) is 0 Å². The second kappa shape index (κ2) is 5.59. The molecule has 4 aliphatic carbocycles.